The molecule has 1 heterocycles. The lowest BCUT2D eigenvalue weighted by Gasteiger charge is -2.20. The molecule has 6 heteroatoms. The third kappa shape index (κ3) is 2.60. The number of hydrazine groups is 1. The van der Waals surface area contributed by atoms with Crippen molar-refractivity contribution in [3.05, 3.63) is 33.9 Å². The van der Waals surface area contributed by atoms with Gasteiger partial charge in [0.1, 0.15) is 5.69 Å². The van der Waals surface area contributed by atoms with Crippen LogP contribution >= 0.6 is 0 Å². The molecule has 1 aromatic carbocycles. The molecule has 3 N–H and O–H groups in total. The summed E-state index contributed by atoms with van der Waals surface area (Å²) in [7, 11) is 0. The number of anilines is 1. The summed E-state index contributed by atoms with van der Waals surface area (Å²) in [6.45, 7) is 4.01. The average Bonchev–Trinajstić information content (AvgIpc) is 2.75. The second kappa shape index (κ2) is 5.32. The van der Waals surface area contributed by atoms with Gasteiger partial charge in [0.2, 0.25) is 0 Å². The van der Waals surface area contributed by atoms with E-state index in [1.807, 2.05) is 6.07 Å². The van der Waals surface area contributed by atoms with E-state index in [1.54, 1.807) is 12.1 Å². The van der Waals surface area contributed by atoms with Gasteiger partial charge in [-0.1, -0.05) is 6.07 Å². The normalized spacial score (nSPS) is 20.0. The molecule has 0 bridgehead atoms. The lowest BCUT2D eigenvalue weighted by atomic mass is 10.1. The minimum Gasteiger partial charge on any atom is -0.318 e. The number of benzene rings is 1. The van der Waals surface area contributed by atoms with Gasteiger partial charge in [0, 0.05) is 18.7 Å². The molecular formula is C12H18N4O2. The summed E-state index contributed by atoms with van der Waals surface area (Å²) in [6, 6.07) is 5.69. The molecule has 1 unspecified atom stereocenters. The highest BCUT2D eigenvalue weighted by molar-refractivity contribution is 5.61. The van der Waals surface area contributed by atoms with Gasteiger partial charge >= 0.3 is 0 Å². The van der Waals surface area contributed by atoms with Crippen LogP contribution in [0.15, 0.2) is 18.2 Å². The van der Waals surface area contributed by atoms with E-state index in [9.17, 15) is 10.1 Å². The molecule has 0 radical (unpaired) electrons. The lowest BCUT2D eigenvalue weighted by molar-refractivity contribution is -0.384. The van der Waals surface area contributed by atoms with Gasteiger partial charge in [-0.3, -0.25) is 20.9 Å². The minimum atomic E-state index is -0.411. The zero-order valence-corrected chi connectivity index (χ0v) is 10.4. The molecule has 0 aliphatic carbocycles. The maximum atomic E-state index is 10.9. The van der Waals surface area contributed by atoms with Gasteiger partial charge in [0.05, 0.1) is 4.92 Å². The van der Waals surface area contributed by atoms with Gasteiger partial charge in [-0.15, -0.1) is 0 Å². The molecule has 1 atom stereocenters. The Labute approximate surface area is 106 Å². The predicted molar refractivity (Wildman–Crippen MR) is 70.0 cm³/mol. The van der Waals surface area contributed by atoms with Crippen molar-refractivity contribution in [3.63, 3.8) is 0 Å². The van der Waals surface area contributed by atoms with Crippen LogP contribution in [0.5, 0.6) is 0 Å². The Bertz CT molecular complexity index is 450. The molecule has 1 fully saturated rings. The van der Waals surface area contributed by atoms with E-state index in [-0.39, 0.29) is 5.69 Å². The largest absolute Gasteiger partial charge is 0.318 e. The summed E-state index contributed by atoms with van der Waals surface area (Å²) in [5.74, 6) is 5.26. The Morgan fingerprint density at radius 2 is 2.39 bits per heavy atom. The van der Waals surface area contributed by atoms with Crippen LogP contribution in [-0.4, -0.2) is 22.4 Å². The van der Waals surface area contributed by atoms with Crippen LogP contribution in [-0.2, 0) is 6.54 Å². The maximum absolute atomic E-state index is 10.9. The van der Waals surface area contributed by atoms with Crippen molar-refractivity contribution in [2.75, 3.05) is 12.0 Å². The first kappa shape index (κ1) is 12.8. The Balaban J connectivity index is 2.18. The van der Waals surface area contributed by atoms with Crippen LogP contribution in [0, 0.1) is 10.1 Å². The number of likely N-dealkylation sites (tertiary alicyclic amines) is 1. The first-order chi connectivity index (χ1) is 8.61. The molecule has 1 aliphatic heterocycles. The van der Waals surface area contributed by atoms with E-state index in [2.05, 4.69) is 17.2 Å². The quantitative estimate of drug-likeness (QED) is 0.484. The summed E-state index contributed by atoms with van der Waals surface area (Å²) >= 11 is 0. The zero-order chi connectivity index (χ0) is 13.1. The summed E-state index contributed by atoms with van der Waals surface area (Å²) in [6.07, 6.45) is 2.40. The molecular weight excluding hydrogens is 232 g/mol. The van der Waals surface area contributed by atoms with Crippen LogP contribution in [0.1, 0.15) is 25.3 Å². The van der Waals surface area contributed by atoms with Crippen molar-refractivity contribution >= 4 is 11.4 Å². The van der Waals surface area contributed by atoms with Crippen molar-refractivity contribution in [1.29, 1.82) is 0 Å². The van der Waals surface area contributed by atoms with Gasteiger partial charge in [0.15, 0.2) is 0 Å². The van der Waals surface area contributed by atoms with E-state index in [4.69, 9.17) is 5.84 Å². The van der Waals surface area contributed by atoms with E-state index >= 15 is 0 Å². The molecule has 1 aliphatic rings. The third-order valence-electron chi connectivity index (χ3n) is 3.49. The molecule has 98 valence electrons. The van der Waals surface area contributed by atoms with Crippen molar-refractivity contribution in [2.45, 2.75) is 32.4 Å². The van der Waals surface area contributed by atoms with Gasteiger partial charge in [0.25, 0.3) is 5.69 Å². The van der Waals surface area contributed by atoms with Gasteiger partial charge in [-0.25, -0.2) is 0 Å². The number of rotatable bonds is 4. The van der Waals surface area contributed by atoms with E-state index in [0.717, 1.165) is 18.7 Å². The highest BCUT2D eigenvalue weighted by atomic mass is 16.6. The van der Waals surface area contributed by atoms with Crippen LogP contribution in [0.25, 0.3) is 0 Å². The van der Waals surface area contributed by atoms with Crippen LogP contribution in [0.4, 0.5) is 11.4 Å². The average molecular weight is 250 g/mol. The Hall–Kier alpha value is -1.66. The number of nitrogens with two attached hydrogens (primary N) is 1. The molecule has 0 amide bonds. The zero-order valence-electron chi connectivity index (χ0n) is 10.4. The van der Waals surface area contributed by atoms with Crippen molar-refractivity contribution < 1.29 is 4.92 Å². The van der Waals surface area contributed by atoms with Crippen LogP contribution < -0.4 is 11.3 Å². The summed E-state index contributed by atoms with van der Waals surface area (Å²) in [4.78, 5) is 12.9. The molecule has 6 nitrogen and oxygen atoms in total. The third-order valence-corrected chi connectivity index (χ3v) is 3.49. The topological polar surface area (TPSA) is 84.4 Å². The molecule has 0 aromatic heterocycles. The number of hydrogen-bond donors (Lipinski definition) is 2. The van der Waals surface area contributed by atoms with Crippen molar-refractivity contribution in [3.8, 4) is 0 Å². The minimum absolute atomic E-state index is 0.0295. The number of nitrogens with one attached hydrogen (secondary N) is 1. The number of nitrogens with zero attached hydrogens (tertiary/aromatic N) is 2. The predicted octanol–water partition coefficient (Wildman–Crippen LogP) is 1.86. The smallest absolute Gasteiger partial charge is 0.293 e. The first-order valence-electron chi connectivity index (χ1n) is 6.10. The maximum Gasteiger partial charge on any atom is 0.293 e. The fourth-order valence-corrected chi connectivity index (χ4v) is 2.41. The second-order valence-corrected chi connectivity index (χ2v) is 4.71. The van der Waals surface area contributed by atoms with Gasteiger partial charge in [-0.05, 0) is 37.9 Å². The fourth-order valence-electron chi connectivity index (χ4n) is 2.41. The fraction of sp³-hybridized carbons (Fsp3) is 0.500. The van der Waals surface area contributed by atoms with Crippen LogP contribution in [0.2, 0.25) is 0 Å². The van der Waals surface area contributed by atoms with Crippen molar-refractivity contribution in [1.82, 2.24) is 4.90 Å². The monoisotopic (exact) mass is 250 g/mol. The number of nitrogen functional groups attached to an aromatic ring is 1. The molecule has 1 aromatic rings. The lowest BCUT2D eigenvalue weighted by Crippen LogP contribution is -2.26. The van der Waals surface area contributed by atoms with E-state index < -0.39 is 4.92 Å². The van der Waals surface area contributed by atoms with Gasteiger partial charge in [-0.2, -0.15) is 0 Å². The van der Waals surface area contributed by atoms with Crippen LogP contribution in [0.3, 0.4) is 0 Å². The Morgan fingerprint density at radius 3 is 2.94 bits per heavy atom. The SMILES string of the molecule is CC1CCCN1Cc1ccc(NN)c([N+](=O)[O-])c1. The highest BCUT2D eigenvalue weighted by Gasteiger charge is 2.21. The van der Waals surface area contributed by atoms with Crippen molar-refractivity contribution in [2.24, 2.45) is 5.84 Å². The Kier molecular flexibility index (Phi) is 3.78. The number of nitro benzene ring substituents is 1. The first-order valence-corrected chi connectivity index (χ1v) is 6.10. The Morgan fingerprint density at radius 1 is 1.61 bits per heavy atom. The standard InChI is InChI=1S/C12H18N4O2/c1-9-3-2-6-15(9)8-10-4-5-11(14-13)12(7-10)16(17)18/h4-5,7,9,14H,2-3,6,8,13H2,1H3. The molecule has 2 rings (SSSR count). The number of hydrogen-bond acceptors (Lipinski definition) is 5. The summed E-state index contributed by atoms with van der Waals surface area (Å²) in [5.41, 5.74) is 3.68. The van der Waals surface area contributed by atoms with E-state index in [1.165, 1.54) is 12.8 Å². The summed E-state index contributed by atoms with van der Waals surface area (Å²) in [5, 5.41) is 10.9. The molecule has 0 saturated carbocycles. The number of nitro groups is 1. The molecule has 0 spiro atoms. The molecule has 18 heavy (non-hydrogen) atoms. The second-order valence-electron chi connectivity index (χ2n) is 4.71. The summed E-state index contributed by atoms with van der Waals surface area (Å²) < 4.78 is 0. The highest BCUT2D eigenvalue weighted by Crippen LogP contribution is 2.26. The van der Waals surface area contributed by atoms with Gasteiger partial charge < -0.3 is 5.43 Å². The van der Waals surface area contributed by atoms with E-state index in [0.29, 0.717) is 11.7 Å². The molecule has 1 saturated heterocycles.